The first-order valence-electron chi connectivity index (χ1n) is 12.5. The van der Waals surface area contributed by atoms with Crippen molar-refractivity contribution in [2.75, 3.05) is 19.6 Å². The minimum atomic E-state index is -0.637. The minimum absolute atomic E-state index is 0. The van der Waals surface area contributed by atoms with Gasteiger partial charge < -0.3 is 19.9 Å². The number of piperidine rings is 1. The Balaban J connectivity index is 0.00000342. The van der Waals surface area contributed by atoms with Crippen LogP contribution >= 0.6 is 24.2 Å². The van der Waals surface area contributed by atoms with Gasteiger partial charge in [-0.2, -0.15) is 0 Å². The van der Waals surface area contributed by atoms with Crippen LogP contribution < -0.4 is 5.32 Å². The molecule has 4 rings (SSSR count). The summed E-state index contributed by atoms with van der Waals surface area (Å²) in [5.74, 6) is -0.729. The number of β-lactam (4-membered cyclic amide) rings is 1. The number of carbonyl (C=O) groups is 3. The molecule has 0 bridgehead atoms. The van der Waals surface area contributed by atoms with Gasteiger partial charge in [-0.15, -0.1) is 24.2 Å². The zero-order valence-corrected chi connectivity index (χ0v) is 22.5. The van der Waals surface area contributed by atoms with Crippen LogP contribution in [0, 0.1) is 0 Å². The third-order valence-corrected chi connectivity index (χ3v) is 8.61. The predicted octanol–water partition coefficient (Wildman–Crippen LogP) is 3.40. The van der Waals surface area contributed by atoms with Gasteiger partial charge in [-0.3, -0.25) is 9.59 Å². The van der Waals surface area contributed by atoms with Crippen molar-refractivity contribution in [3.63, 3.8) is 0 Å². The number of nitrogens with one attached hydrogen (secondary N) is 1. The van der Waals surface area contributed by atoms with Gasteiger partial charge in [0, 0.05) is 4.75 Å². The number of benzene rings is 1. The van der Waals surface area contributed by atoms with E-state index in [1.165, 1.54) is 32.4 Å². The average molecular weight is 524 g/mol. The van der Waals surface area contributed by atoms with E-state index in [1.54, 1.807) is 16.7 Å². The lowest BCUT2D eigenvalue weighted by molar-refractivity contribution is -0.167. The van der Waals surface area contributed by atoms with E-state index in [2.05, 4.69) is 10.2 Å². The molecule has 1 aromatic rings. The van der Waals surface area contributed by atoms with Crippen molar-refractivity contribution in [3.8, 4) is 0 Å². The fourth-order valence-electron chi connectivity index (χ4n) is 5.24. The van der Waals surface area contributed by atoms with Crippen LogP contribution in [-0.2, 0) is 25.5 Å². The lowest BCUT2D eigenvalue weighted by Crippen LogP contribution is -2.70. The maximum absolute atomic E-state index is 13.1. The van der Waals surface area contributed by atoms with Crippen molar-refractivity contribution < 1.29 is 19.1 Å². The van der Waals surface area contributed by atoms with Crippen LogP contribution in [0.4, 0.5) is 0 Å². The average Bonchev–Trinajstić information content (AvgIpc) is 3.06. The standard InChI is InChI=1S/C26H37N3O4S.ClH/c1-18(11-10-16-28-14-8-5-9-15-28)33-25(32)22-26(2,3)34-24-21(23(31)29(22)24)27-20(30)17-19-12-6-4-7-13-19;/h4,6-7,12-13,18,21-22,24H,5,8-11,14-17H2,1-3H3,(H,27,30);1H/t18?,21-,22+,24-;/m1./s1. The van der Waals surface area contributed by atoms with Crippen molar-refractivity contribution in [1.29, 1.82) is 0 Å². The number of ether oxygens (including phenoxy) is 1. The monoisotopic (exact) mass is 523 g/mol. The van der Waals surface area contributed by atoms with E-state index in [0.29, 0.717) is 0 Å². The fourth-order valence-corrected chi connectivity index (χ4v) is 6.86. The first kappa shape index (κ1) is 27.8. The van der Waals surface area contributed by atoms with Crippen molar-refractivity contribution in [2.45, 2.75) is 87.6 Å². The summed E-state index contributed by atoms with van der Waals surface area (Å²) in [6.45, 7) is 9.26. The number of hydrogen-bond acceptors (Lipinski definition) is 6. The molecule has 1 N–H and O–H groups in total. The van der Waals surface area contributed by atoms with Gasteiger partial charge in [0.25, 0.3) is 0 Å². The van der Waals surface area contributed by atoms with E-state index >= 15 is 0 Å². The Morgan fingerprint density at radius 2 is 1.86 bits per heavy atom. The number of hydrogen-bond donors (Lipinski definition) is 1. The Labute approximate surface area is 219 Å². The Morgan fingerprint density at radius 3 is 2.54 bits per heavy atom. The van der Waals surface area contributed by atoms with Gasteiger partial charge in [-0.05, 0) is 71.7 Å². The summed E-state index contributed by atoms with van der Waals surface area (Å²) in [7, 11) is 0. The number of thioether (sulfide) groups is 1. The molecule has 0 radical (unpaired) electrons. The zero-order valence-electron chi connectivity index (χ0n) is 20.9. The van der Waals surface area contributed by atoms with E-state index in [0.717, 1.165) is 24.9 Å². The third kappa shape index (κ3) is 6.52. The summed E-state index contributed by atoms with van der Waals surface area (Å²) >= 11 is 1.56. The Morgan fingerprint density at radius 1 is 1.17 bits per heavy atom. The summed E-state index contributed by atoms with van der Waals surface area (Å²) in [5, 5.41) is 2.63. The van der Waals surface area contributed by atoms with Crippen LogP contribution in [0.5, 0.6) is 0 Å². The van der Waals surface area contributed by atoms with Crippen LogP contribution in [0.15, 0.2) is 30.3 Å². The lowest BCUT2D eigenvalue weighted by Gasteiger charge is -2.44. The summed E-state index contributed by atoms with van der Waals surface area (Å²) in [5.41, 5.74) is 0.902. The number of carbonyl (C=O) groups excluding carboxylic acids is 3. The van der Waals surface area contributed by atoms with Gasteiger partial charge >= 0.3 is 5.97 Å². The van der Waals surface area contributed by atoms with Crippen LogP contribution in [0.1, 0.15) is 58.4 Å². The van der Waals surface area contributed by atoms with Crippen molar-refractivity contribution in [1.82, 2.24) is 15.1 Å². The molecule has 3 aliphatic heterocycles. The molecule has 3 fully saturated rings. The first-order chi connectivity index (χ1) is 16.3. The second kappa shape index (κ2) is 12.0. The summed E-state index contributed by atoms with van der Waals surface area (Å²) in [6, 6.07) is 8.23. The van der Waals surface area contributed by atoms with E-state index in [-0.39, 0.29) is 48.1 Å². The van der Waals surface area contributed by atoms with Gasteiger partial charge in [0.15, 0.2) is 0 Å². The van der Waals surface area contributed by atoms with Crippen LogP contribution in [0.2, 0.25) is 0 Å². The van der Waals surface area contributed by atoms with Crippen molar-refractivity contribution in [3.05, 3.63) is 35.9 Å². The van der Waals surface area contributed by atoms with Gasteiger partial charge in [0.2, 0.25) is 11.8 Å². The Hall–Kier alpha value is -1.77. The molecule has 194 valence electrons. The van der Waals surface area contributed by atoms with Crippen LogP contribution in [-0.4, -0.2) is 75.5 Å². The van der Waals surface area contributed by atoms with Gasteiger partial charge in [-0.25, -0.2) is 4.79 Å². The van der Waals surface area contributed by atoms with Crippen molar-refractivity contribution >= 4 is 42.0 Å². The van der Waals surface area contributed by atoms with E-state index in [9.17, 15) is 14.4 Å². The molecule has 0 aromatic heterocycles. The molecule has 0 saturated carbocycles. The topological polar surface area (TPSA) is 79.0 Å². The number of esters is 1. The normalized spacial score (nSPS) is 26.2. The smallest absolute Gasteiger partial charge is 0.330 e. The third-order valence-electron chi connectivity index (χ3n) is 7.04. The minimum Gasteiger partial charge on any atom is -0.461 e. The highest BCUT2D eigenvalue weighted by molar-refractivity contribution is 8.01. The highest BCUT2D eigenvalue weighted by atomic mass is 35.5. The largest absolute Gasteiger partial charge is 0.461 e. The quantitative estimate of drug-likeness (QED) is 0.395. The van der Waals surface area contributed by atoms with Gasteiger partial charge in [-0.1, -0.05) is 36.8 Å². The molecule has 1 unspecified atom stereocenters. The van der Waals surface area contributed by atoms with Crippen molar-refractivity contribution in [2.24, 2.45) is 0 Å². The molecule has 0 spiro atoms. The zero-order chi connectivity index (χ0) is 24.3. The van der Waals surface area contributed by atoms with Gasteiger partial charge in [0.1, 0.15) is 17.5 Å². The summed E-state index contributed by atoms with van der Waals surface area (Å²) in [6.07, 6.45) is 5.74. The lowest BCUT2D eigenvalue weighted by atomic mass is 9.95. The Bertz CT molecular complexity index is 894. The molecule has 1 aromatic carbocycles. The number of amides is 2. The maximum Gasteiger partial charge on any atom is 0.330 e. The number of fused-ring (bicyclic) bond motifs is 1. The van der Waals surface area contributed by atoms with E-state index in [1.807, 2.05) is 51.1 Å². The molecular formula is C26H38ClN3O4S. The van der Waals surface area contributed by atoms with Crippen LogP contribution in [0.3, 0.4) is 0 Å². The second-order valence-corrected chi connectivity index (χ2v) is 12.0. The second-order valence-electron chi connectivity index (χ2n) is 10.3. The molecule has 35 heavy (non-hydrogen) atoms. The van der Waals surface area contributed by atoms with E-state index in [4.69, 9.17) is 4.74 Å². The fraction of sp³-hybridized carbons (Fsp3) is 0.654. The molecule has 4 atom stereocenters. The summed E-state index contributed by atoms with van der Waals surface area (Å²) in [4.78, 5) is 42.7. The first-order valence-corrected chi connectivity index (χ1v) is 13.4. The highest BCUT2D eigenvalue weighted by Gasteiger charge is 2.64. The number of rotatable bonds is 9. The Kier molecular flexibility index (Phi) is 9.52. The predicted molar refractivity (Wildman–Crippen MR) is 140 cm³/mol. The number of likely N-dealkylation sites (tertiary alicyclic amines) is 1. The molecule has 3 aliphatic rings. The molecule has 7 nitrogen and oxygen atoms in total. The summed E-state index contributed by atoms with van der Waals surface area (Å²) < 4.78 is 5.32. The van der Waals surface area contributed by atoms with Gasteiger partial charge in [0.05, 0.1) is 12.5 Å². The highest BCUT2D eigenvalue weighted by Crippen LogP contribution is 2.51. The maximum atomic E-state index is 13.1. The molecule has 3 saturated heterocycles. The SMILES string of the molecule is CC(CCCN1CCCCC1)OC(=O)[C@@H]1N2C(=O)[C@@H](NC(=O)Cc3ccccc3)[C@H]2SC1(C)C.Cl. The van der Waals surface area contributed by atoms with Crippen LogP contribution in [0.25, 0.3) is 0 Å². The molecule has 2 amide bonds. The van der Waals surface area contributed by atoms with E-state index < -0.39 is 16.8 Å². The number of nitrogens with zero attached hydrogens (tertiary/aromatic N) is 2. The molecular weight excluding hydrogens is 486 g/mol. The molecule has 0 aliphatic carbocycles. The molecule has 9 heteroatoms. The number of halogens is 1. The molecule has 3 heterocycles.